The van der Waals surface area contributed by atoms with E-state index in [0.29, 0.717) is 11.3 Å². The molecule has 1 aromatic heterocycles. The fourth-order valence-electron chi connectivity index (χ4n) is 0.885. The van der Waals surface area contributed by atoms with Crippen molar-refractivity contribution in [2.45, 2.75) is 0 Å². The lowest BCUT2D eigenvalue weighted by molar-refractivity contribution is 0.0600. The number of rotatable bonds is 1. The first-order valence-electron chi connectivity index (χ1n) is 4.01. The van der Waals surface area contributed by atoms with Gasteiger partial charge in [0.1, 0.15) is 5.69 Å². The molecule has 0 saturated heterocycles. The second-order valence-electron chi connectivity index (χ2n) is 2.43. The number of esters is 1. The van der Waals surface area contributed by atoms with Crippen LogP contribution in [0.4, 0.5) is 0 Å². The molecule has 72 valence electrons. The Morgan fingerprint density at radius 1 is 1.71 bits per heavy atom. The van der Waals surface area contributed by atoms with E-state index in [4.69, 9.17) is 5.73 Å². The third-order valence-corrected chi connectivity index (χ3v) is 1.50. The highest BCUT2D eigenvalue weighted by Crippen LogP contribution is 2.02. The molecule has 4 nitrogen and oxygen atoms in total. The molecule has 1 rings (SSSR count). The van der Waals surface area contributed by atoms with Crippen LogP contribution < -0.4 is 5.73 Å². The molecule has 0 aromatic carbocycles. The van der Waals surface area contributed by atoms with Gasteiger partial charge in [-0.1, -0.05) is 5.92 Å². The maximum absolute atomic E-state index is 11.1. The number of pyridine rings is 1. The van der Waals surface area contributed by atoms with Crippen LogP contribution in [-0.4, -0.2) is 24.6 Å². The summed E-state index contributed by atoms with van der Waals surface area (Å²) in [5, 5.41) is 0. The molecule has 1 aromatic rings. The zero-order valence-electron chi connectivity index (χ0n) is 7.78. The fraction of sp³-hybridized carbons (Fsp3) is 0.200. The number of carbonyl (C=O) groups is 1. The largest absolute Gasteiger partial charge is 0.465 e. The van der Waals surface area contributed by atoms with Gasteiger partial charge in [-0.2, -0.15) is 0 Å². The van der Waals surface area contributed by atoms with E-state index in [0.717, 1.165) is 0 Å². The van der Waals surface area contributed by atoms with Crippen molar-refractivity contribution < 1.29 is 9.53 Å². The zero-order valence-corrected chi connectivity index (χ0v) is 7.78. The third kappa shape index (κ3) is 2.57. The molecule has 0 radical (unpaired) electrons. The molecule has 0 unspecified atom stereocenters. The summed E-state index contributed by atoms with van der Waals surface area (Å²) in [6.07, 6.45) is 1.51. The van der Waals surface area contributed by atoms with E-state index in [1.807, 2.05) is 0 Å². The van der Waals surface area contributed by atoms with E-state index in [2.05, 4.69) is 21.6 Å². The minimum atomic E-state index is -0.400. The van der Waals surface area contributed by atoms with Gasteiger partial charge in [0.05, 0.1) is 19.2 Å². The Hall–Kier alpha value is -1.86. The number of carbonyl (C=O) groups excluding carboxylic acids is 1. The van der Waals surface area contributed by atoms with Crippen LogP contribution >= 0.6 is 0 Å². The molecular formula is C10H10N2O2. The second kappa shape index (κ2) is 5.00. The molecule has 14 heavy (non-hydrogen) atoms. The minimum Gasteiger partial charge on any atom is -0.465 e. The molecule has 0 fully saturated rings. The van der Waals surface area contributed by atoms with Crippen molar-refractivity contribution in [3.8, 4) is 11.8 Å². The van der Waals surface area contributed by atoms with Gasteiger partial charge < -0.3 is 10.5 Å². The van der Waals surface area contributed by atoms with Gasteiger partial charge in [0.25, 0.3) is 0 Å². The number of hydrogen-bond acceptors (Lipinski definition) is 4. The van der Waals surface area contributed by atoms with Gasteiger partial charge >= 0.3 is 5.97 Å². The van der Waals surface area contributed by atoms with E-state index < -0.39 is 5.97 Å². The van der Waals surface area contributed by atoms with Crippen molar-refractivity contribution in [1.29, 1.82) is 0 Å². The fourth-order valence-corrected chi connectivity index (χ4v) is 0.885. The first-order valence-corrected chi connectivity index (χ1v) is 4.01. The van der Waals surface area contributed by atoms with Crippen molar-refractivity contribution >= 4 is 5.97 Å². The van der Waals surface area contributed by atoms with Gasteiger partial charge in [-0.15, -0.1) is 0 Å². The lowest BCUT2D eigenvalue weighted by Crippen LogP contribution is -2.02. The van der Waals surface area contributed by atoms with Crippen LogP contribution in [-0.2, 0) is 4.74 Å². The first kappa shape index (κ1) is 10.2. The summed E-state index contributed by atoms with van der Waals surface area (Å²) < 4.78 is 4.56. The SMILES string of the molecule is COC(=O)c1ccnc(C#CCN)c1. The standard InChI is InChI=1S/C10H10N2O2/c1-14-10(13)8-4-6-12-9(7-8)3-2-5-11/h4,6-7H,5,11H2,1H3. The molecule has 2 N–H and O–H groups in total. The van der Waals surface area contributed by atoms with Gasteiger partial charge in [-0.25, -0.2) is 9.78 Å². The Labute approximate surface area is 82.1 Å². The van der Waals surface area contributed by atoms with Gasteiger partial charge in [0, 0.05) is 6.20 Å². The topological polar surface area (TPSA) is 65.2 Å². The van der Waals surface area contributed by atoms with E-state index in [-0.39, 0.29) is 6.54 Å². The summed E-state index contributed by atoms with van der Waals surface area (Å²) in [6, 6.07) is 3.13. The summed E-state index contributed by atoms with van der Waals surface area (Å²) in [4.78, 5) is 15.1. The molecular weight excluding hydrogens is 180 g/mol. The molecule has 0 amide bonds. The predicted octanol–water partition coefficient (Wildman–Crippen LogP) is 0.178. The number of methoxy groups -OCH3 is 1. The van der Waals surface area contributed by atoms with Crippen molar-refractivity contribution in [3.63, 3.8) is 0 Å². The van der Waals surface area contributed by atoms with Crippen molar-refractivity contribution in [1.82, 2.24) is 4.98 Å². The summed E-state index contributed by atoms with van der Waals surface area (Å²) in [5.74, 6) is 4.98. The first-order chi connectivity index (χ1) is 6.77. The predicted molar refractivity (Wildman–Crippen MR) is 51.5 cm³/mol. The van der Waals surface area contributed by atoms with Crippen LogP contribution in [0, 0.1) is 11.8 Å². The molecule has 4 heteroatoms. The van der Waals surface area contributed by atoms with Crippen molar-refractivity contribution in [2.75, 3.05) is 13.7 Å². The quantitative estimate of drug-likeness (QED) is 0.506. The maximum atomic E-state index is 11.1. The number of nitrogens with two attached hydrogens (primary N) is 1. The molecule has 0 aliphatic rings. The smallest absolute Gasteiger partial charge is 0.338 e. The lowest BCUT2D eigenvalue weighted by Gasteiger charge is -1.97. The Balaban J connectivity index is 2.95. The molecule has 0 aliphatic heterocycles. The van der Waals surface area contributed by atoms with Crippen molar-refractivity contribution in [2.24, 2.45) is 5.73 Å². The van der Waals surface area contributed by atoms with Gasteiger partial charge in [-0.3, -0.25) is 0 Å². The monoisotopic (exact) mass is 190 g/mol. The van der Waals surface area contributed by atoms with Crippen molar-refractivity contribution in [3.05, 3.63) is 29.6 Å². The summed E-state index contributed by atoms with van der Waals surface area (Å²) in [7, 11) is 1.33. The highest BCUT2D eigenvalue weighted by molar-refractivity contribution is 5.89. The number of hydrogen-bond donors (Lipinski definition) is 1. The van der Waals surface area contributed by atoms with Crippen LogP contribution in [0.3, 0.4) is 0 Å². The van der Waals surface area contributed by atoms with Crippen LogP contribution in [0.5, 0.6) is 0 Å². The number of ether oxygens (including phenoxy) is 1. The average molecular weight is 190 g/mol. The van der Waals surface area contributed by atoms with Gasteiger partial charge in [0.15, 0.2) is 0 Å². The molecule has 0 bridgehead atoms. The van der Waals surface area contributed by atoms with Crippen LogP contribution in [0.2, 0.25) is 0 Å². The maximum Gasteiger partial charge on any atom is 0.338 e. The van der Waals surface area contributed by atoms with Gasteiger partial charge in [0.2, 0.25) is 0 Å². The van der Waals surface area contributed by atoms with Gasteiger partial charge in [-0.05, 0) is 18.1 Å². The Morgan fingerprint density at radius 3 is 3.14 bits per heavy atom. The molecule has 0 atom stereocenters. The molecule has 0 saturated carbocycles. The van der Waals surface area contributed by atoms with Crippen LogP contribution in [0.1, 0.15) is 16.1 Å². The summed E-state index contributed by atoms with van der Waals surface area (Å²) in [6.45, 7) is 0.268. The highest BCUT2D eigenvalue weighted by atomic mass is 16.5. The van der Waals surface area contributed by atoms with E-state index >= 15 is 0 Å². The Kier molecular flexibility index (Phi) is 3.65. The Bertz CT molecular complexity index is 391. The summed E-state index contributed by atoms with van der Waals surface area (Å²) in [5.41, 5.74) is 6.15. The van der Waals surface area contributed by atoms with Crippen LogP contribution in [0.25, 0.3) is 0 Å². The second-order valence-corrected chi connectivity index (χ2v) is 2.43. The number of aromatic nitrogens is 1. The Morgan fingerprint density at radius 2 is 2.50 bits per heavy atom. The molecule has 1 heterocycles. The summed E-state index contributed by atoms with van der Waals surface area (Å²) >= 11 is 0. The lowest BCUT2D eigenvalue weighted by atomic mass is 10.2. The van der Waals surface area contributed by atoms with E-state index in [1.165, 1.54) is 13.3 Å². The van der Waals surface area contributed by atoms with E-state index in [9.17, 15) is 4.79 Å². The van der Waals surface area contributed by atoms with Crippen LogP contribution in [0.15, 0.2) is 18.3 Å². The third-order valence-electron chi connectivity index (χ3n) is 1.50. The molecule has 0 spiro atoms. The minimum absolute atomic E-state index is 0.268. The average Bonchev–Trinajstić information content (AvgIpc) is 2.25. The van der Waals surface area contributed by atoms with E-state index in [1.54, 1.807) is 12.1 Å². The number of nitrogens with zero attached hydrogens (tertiary/aromatic N) is 1. The normalized spacial score (nSPS) is 8.71. The highest BCUT2D eigenvalue weighted by Gasteiger charge is 2.04. The zero-order chi connectivity index (χ0) is 10.4. The molecule has 0 aliphatic carbocycles.